The highest BCUT2D eigenvalue weighted by Crippen LogP contribution is 2.42. The summed E-state index contributed by atoms with van der Waals surface area (Å²) in [4.78, 5) is 11.7. The zero-order valence-electron chi connectivity index (χ0n) is 11.7. The molecule has 4 nitrogen and oxygen atoms in total. The van der Waals surface area contributed by atoms with Crippen molar-refractivity contribution in [2.45, 2.75) is 58.7 Å². The lowest BCUT2D eigenvalue weighted by Crippen LogP contribution is -2.61. The average molecular weight is 242 g/mol. The molecule has 2 atom stereocenters. The topological polar surface area (TPSA) is 50.4 Å². The van der Waals surface area contributed by atoms with Crippen LogP contribution >= 0.6 is 0 Å². The van der Waals surface area contributed by atoms with E-state index in [1.165, 1.54) is 0 Å². The minimum atomic E-state index is 0.0515. The van der Waals surface area contributed by atoms with Crippen molar-refractivity contribution in [1.29, 1.82) is 0 Å². The molecule has 1 aliphatic rings. The van der Waals surface area contributed by atoms with Crippen molar-refractivity contribution in [3.63, 3.8) is 0 Å². The van der Waals surface area contributed by atoms with Crippen LogP contribution in [0.2, 0.25) is 0 Å². The van der Waals surface area contributed by atoms with Crippen LogP contribution in [0.5, 0.6) is 0 Å². The van der Waals surface area contributed by atoms with Gasteiger partial charge >= 0.3 is 0 Å². The lowest BCUT2D eigenvalue weighted by atomic mass is 9.64. The SMILES string of the molecule is COC1CC(NC(=O)CCNC(C)C)C1(C)C. The van der Waals surface area contributed by atoms with Crippen LogP contribution in [0.25, 0.3) is 0 Å². The van der Waals surface area contributed by atoms with Crippen LogP contribution in [-0.2, 0) is 9.53 Å². The predicted octanol–water partition coefficient (Wildman–Crippen LogP) is 1.30. The predicted molar refractivity (Wildman–Crippen MR) is 68.9 cm³/mol. The number of hydrogen-bond donors (Lipinski definition) is 2. The number of carbonyl (C=O) groups is 1. The molecule has 0 radical (unpaired) electrons. The van der Waals surface area contributed by atoms with Crippen LogP contribution in [0.4, 0.5) is 0 Å². The average Bonchev–Trinajstić information content (AvgIpc) is 2.23. The first-order chi connectivity index (χ1) is 7.87. The fourth-order valence-corrected chi connectivity index (χ4v) is 2.27. The molecule has 2 unspecified atom stereocenters. The van der Waals surface area contributed by atoms with E-state index < -0.39 is 0 Å². The van der Waals surface area contributed by atoms with Gasteiger partial charge in [-0.2, -0.15) is 0 Å². The molecule has 0 spiro atoms. The van der Waals surface area contributed by atoms with Crippen LogP contribution in [0.3, 0.4) is 0 Å². The highest BCUT2D eigenvalue weighted by atomic mass is 16.5. The number of methoxy groups -OCH3 is 1. The lowest BCUT2D eigenvalue weighted by Gasteiger charge is -2.51. The first kappa shape index (κ1) is 14.5. The molecule has 1 fully saturated rings. The van der Waals surface area contributed by atoms with Gasteiger partial charge in [-0.15, -0.1) is 0 Å². The highest BCUT2D eigenvalue weighted by molar-refractivity contribution is 5.76. The number of nitrogens with one attached hydrogen (secondary N) is 2. The molecule has 1 saturated carbocycles. The molecule has 0 bridgehead atoms. The number of carbonyl (C=O) groups excluding carboxylic acids is 1. The van der Waals surface area contributed by atoms with E-state index in [1.54, 1.807) is 7.11 Å². The van der Waals surface area contributed by atoms with Crippen molar-refractivity contribution in [3.8, 4) is 0 Å². The van der Waals surface area contributed by atoms with Gasteiger partial charge < -0.3 is 15.4 Å². The standard InChI is InChI=1S/C13H26N2O2/c1-9(2)14-7-6-12(16)15-10-8-11(17-5)13(10,3)4/h9-11,14H,6-8H2,1-5H3,(H,15,16). The highest BCUT2D eigenvalue weighted by Gasteiger charge is 2.49. The first-order valence-electron chi connectivity index (χ1n) is 6.43. The second-order valence-electron chi connectivity index (χ2n) is 5.76. The zero-order valence-corrected chi connectivity index (χ0v) is 11.7. The maximum absolute atomic E-state index is 11.7. The van der Waals surface area contributed by atoms with Gasteiger partial charge in [0.25, 0.3) is 0 Å². The second-order valence-corrected chi connectivity index (χ2v) is 5.76. The summed E-state index contributed by atoms with van der Waals surface area (Å²) < 4.78 is 5.36. The molecule has 0 aromatic carbocycles. The Kier molecular flexibility index (Phi) is 4.95. The van der Waals surface area contributed by atoms with Gasteiger partial charge in [-0.1, -0.05) is 27.7 Å². The molecular weight excluding hydrogens is 216 g/mol. The molecule has 17 heavy (non-hydrogen) atoms. The zero-order chi connectivity index (χ0) is 13.1. The number of hydrogen-bond acceptors (Lipinski definition) is 3. The molecule has 2 N–H and O–H groups in total. The van der Waals surface area contributed by atoms with Gasteiger partial charge in [-0.25, -0.2) is 0 Å². The number of ether oxygens (including phenoxy) is 1. The van der Waals surface area contributed by atoms with Crippen molar-refractivity contribution >= 4 is 5.91 Å². The quantitative estimate of drug-likeness (QED) is 0.738. The van der Waals surface area contributed by atoms with Gasteiger partial charge in [0.15, 0.2) is 0 Å². The molecule has 1 amide bonds. The van der Waals surface area contributed by atoms with Gasteiger partial charge in [0.1, 0.15) is 0 Å². The Bertz CT molecular complexity index is 264. The Morgan fingerprint density at radius 1 is 1.47 bits per heavy atom. The number of rotatable bonds is 6. The Hall–Kier alpha value is -0.610. The van der Waals surface area contributed by atoms with Gasteiger partial charge in [0, 0.05) is 37.6 Å². The Morgan fingerprint density at radius 2 is 2.12 bits per heavy atom. The molecule has 0 saturated heterocycles. The monoisotopic (exact) mass is 242 g/mol. The smallest absolute Gasteiger partial charge is 0.221 e. The molecule has 0 aliphatic heterocycles. The third-order valence-corrected chi connectivity index (χ3v) is 3.70. The molecule has 1 aliphatic carbocycles. The van der Waals surface area contributed by atoms with E-state index in [0.717, 1.165) is 13.0 Å². The molecule has 0 heterocycles. The van der Waals surface area contributed by atoms with Crippen molar-refractivity contribution in [2.24, 2.45) is 5.41 Å². The van der Waals surface area contributed by atoms with Crippen LogP contribution < -0.4 is 10.6 Å². The largest absolute Gasteiger partial charge is 0.381 e. The maximum Gasteiger partial charge on any atom is 0.221 e. The summed E-state index contributed by atoms with van der Waals surface area (Å²) in [5.41, 5.74) is 0.0515. The molecule has 0 aromatic rings. The molecule has 4 heteroatoms. The molecule has 1 rings (SSSR count). The van der Waals surface area contributed by atoms with Gasteiger partial charge in [-0.3, -0.25) is 4.79 Å². The van der Waals surface area contributed by atoms with Gasteiger partial charge in [0.05, 0.1) is 6.10 Å². The van der Waals surface area contributed by atoms with Crippen molar-refractivity contribution in [2.75, 3.05) is 13.7 Å². The van der Waals surface area contributed by atoms with E-state index in [0.29, 0.717) is 12.5 Å². The summed E-state index contributed by atoms with van der Waals surface area (Å²) in [5, 5.41) is 6.33. The molecular formula is C13H26N2O2. The Balaban J connectivity index is 2.24. The van der Waals surface area contributed by atoms with Crippen LogP contribution in [0, 0.1) is 5.41 Å². The van der Waals surface area contributed by atoms with Crippen molar-refractivity contribution in [1.82, 2.24) is 10.6 Å². The van der Waals surface area contributed by atoms with Crippen LogP contribution in [0.15, 0.2) is 0 Å². The maximum atomic E-state index is 11.7. The summed E-state index contributed by atoms with van der Waals surface area (Å²) in [6, 6.07) is 0.680. The second kappa shape index (κ2) is 5.83. The van der Waals surface area contributed by atoms with E-state index >= 15 is 0 Å². The van der Waals surface area contributed by atoms with Crippen molar-refractivity contribution in [3.05, 3.63) is 0 Å². The van der Waals surface area contributed by atoms with Crippen molar-refractivity contribution < 1.29 is 9.53 Å². The summed E-state index contributed by atoms with van der Waals surface area (Å²) in [6.07, 6.45) is 1.73. The summed E-state index contributed by atoms with van der Waals surface area (Å²) in [7, 11) is 1.73. The summed E-state index contributed by atoms with van der Waals surface area (Å²) >= 11 is 0. The summed E-state index contributed by atoms with van der Waals surface area (Å²) in [6.45, 7) is 9.18. The fraction of sp³-hybridized carbons (Fsp3) is 0.923. The van der Waals surface area contributed by atoms with E-state index in [1.807, 2.05) is 0 Å². The van der Waals surface area contributed by atoms with Crippen LogP contribution in [0.1, 0.15) is 40.5 Å². The lowest BCUT2D eigenvalue weighted by molar-refractivity contribution is -0.132. The van der Waals surface area contributed by atoms with E-state index in [9.17, 15) is 4.79 Å². The van der Waals surface area contributed by atoms with Crippen LogP contribution in [-0.4, -0.2) is 37.7 Å². The first-order valence-corrected chi connectivity index (χ1v) is 6.43. The Morgan fingerprint density at radius 3 is 2.59 bits per heavy atom. The van der Waals surface area contributed by atoms with E-state index in [2.05, 4.69) is 38.3 Å². The van der Waals surface area contributed by atoms with E-state index in [-0.39, 0.29) is 23.5 Å². The normalized spacial score (nSPS) is 26.7. The third-order valence-electron chi connectivity index (χ3n) is 3.70. The summed E-state index contributed by atoms with van der Waals surface area (Å²) in [5.74, 6) is 0.130. The minimum Gasteiger partial charge on any atom is -0.381 e. The number of amides is 1. The Labute approximate surface area is 104 Å². The minimum absolute atomic E-state index is 0.0515. The molecule has 0 aromatic heterocycles. The van der Waals surface area contributed by atoms with Gasteiger partial charge in [-0.05, 0) is 6.42 Å². The van der Waals surface area contributed by atoms with Gasteiger partial charge in [0.2, 0.25) is 5.91 Å². The molecule has 100 valence electrons. The third kappa shape index (κ3) is 3.68. The van der Waals surface area contributed by atoms with E-state index in [4.69, 9.17) is 4.74 Å². The fourth-order valence-electron chi connectivity index (χ4n) is 2.27.